The Bertz CT molecular complexity index is 1040. The van der Waals surface area contributed by atoms with Crippen LogP contribution in [0.5, 0.6) is 0 Å². The highest BCUT2D eigenvalue weighted by molar-refractivity contribution is 5.90. The molecule has 0 aliphatic heterocycles. The Morgan fingerprint density at radius 3 is 2.69 bits per heavy atom. The Morgan fingerprint density at radius 1 is 1.04 bits per heavy atom. The topological polar surface area (TPSA) is 55.6 Å². The van der Waals surface area contributed by atoms with Crippen molar-refractivity contribution in [2.24, 2.45) is 0 Å². The first-order valence-corrected chi connectivity index (χ1v) is 8.46. The second kappa shape index (κ2) is 6.92. The first kappa shape index (κ1) is 16.2. The zero-order chi connectivity index (χ0) is 17.9. The number of aryl methyl sites for hydroxylation is 1. The first-order valence-electron chi connectivity index (χ1n) is 8.46. The molecule has 2 heterocycles. The lowest BCUT2D eigenvalue weighted by Gasteiger charge is -2.07. The van der Waals surface area contributed by atoms with Crippen LogP contribution in [0.4, 0.5) is 10.2 Å². The molecule has 2 aromatic heterocycles. The van der Waals surface area contributed by atoms with Gasteiger partial charge in [-0.25, -0.2) is 19.0 Å². The molecule has 0 fully saturated rings. The number of aromatic nitrogens is 4. The molecular weight excluding hydrogens is 329 g/mol. The SMILES string of the molecule is Cc1nn(-c2cccc(F)c2)c2ncnc(NCCc3ccccc3)c12. The van der Waals surface area contributed by atoms with Crippen molar-refractivity contribution in [2.45, 2.75) is 13.3 Å². The van der Waals surface area contributed by atoms with Gasteiger partial charge in [0.1, 0.15) is 18.0 Å². The first-order chi connectivity index (χ1) is 12.7. The van der Waals surface area contributed by atoms with Crippen molar-refractivity contribution in [3.05, 3.63) is 78.0 Å². The van der Waals surface area contributed by atoms with Crippen LogP contribution in [-0.2, 0) is 6.42 Å². The van der Waals surface area contributed by atoms with Gasteiger partial charge in [0.2, 0.25) is 0 Å². The molecule has 4 rings (SSSR count). The van der Waals surface area contributed by atoms with Gasteiger partial charge in [0.05, 0.1) is 16.8 Å². The van der Waals surface area contributed by atoms with Crippen LogP contribution < -0.4 is 5.32 Å². The third-order valence-electron chi connectivity index (χ3n) is 4.24. The number of benzene rings is 2. The number of hydrogen-bond acceptors (Lipinski definition) is 4. The van der Waals surface area contributed by atoms with Gasteiger partial charge in [0.15, 0.2) is 5.65 Å². The highest BCUT2D eigenvalue weighted by Gasteiger charge is 2.15. The quantitative estimate of drug-likeness (QED) is 0.594. The molecule has 0 radical (unpaired) electrons. The zero-order valence-electron chi connectivity index (χ0n) is 14.4. The summed E-state index contributed by atoms with van der Waals surface area (Å²) >= 11 is 0. The van der Waals surface area contributed by atoms with Crippen molar-refractivity contribution in [3.8, 4) is 5.69 Å². The van der Waals surface area contributed by atoms with E-state index in [1.165, 1.54) is 24.0 Å². The fourth-order valence-corrected chi connectivity index (χ4v) is 3.01. The molecule has 0 bridgehead atoms. The Balaban J connectivity index is 1.64. The van der Waals surface area contributed by atoms with Crippen molar-refractivity contribution in [3.63, 3.8) is 0 Å². The maximum absolute atomic E-state index is 13.6. The van der Waals surface area contributed by atoms with Crippen LogP contribution >= 0.6 is 0 Å². The molecule has 6 heteroatoms. The lowest BCUT2D eigenvalue weighted by molar-refractivity contribution is 0.625. The summed E-state index contributed by atoms with van der Waals surface area (Å²) in [5.41, 5.74) is 3.35. The normalized spacial score (nSPS) is 11.0. The van der Waals surface area contributed by atoms with E-state index in [9.17, 15) is 4.39 Å². The monoisotopic (exact) mass is 347 g/mol. The second-order valence-electron chi connectivity index (χ2n) is 6.06. The summed E-state index contributed by atoms with van der Waals surface area (Å²) in [6.45, 7) is 2.66. The van der Waals surface area contributed by atoms with Crippen molar-refractivity contribution in [1.82, 2.24) is 19.7 Å². The molecule has 0 unspecified atom stereocenters. The van der Waals surface area contributed by atoms with Crippen molar-refractivity contribution >= 4 is 16.9 Å². The molecule has 0 saturated carbocycles. The summed E-state index contributed by atoms with van der Waals surface area (Å²) in [7, 11) is 0. The standard InChI is InChI=1S/C20H18FN5/c1-14-18-19(22-11-10-15-6-3-2-4-7-15)23-13-24-20(18)26(25-14)17-9-5-8-16(21)12-17/h2-9,12-13H,10-11H2,1H3,(H,22,23,24). The smallest absolute Gasteiger partial charge is 0.168 e. The van der Waals surface area contributed by atoms with E-state index >= 15 is 0 Å². The van der Waals surface area contributed by atoms with E-state index in [2.05, 4.69) is 32.5 Å². The fraction of sp³-hybridized carbons (Fsp3) is 0.150. The average molecular weight is 347 g/mol. The minimum Gasteiger partial charge on any atom is -0.369 e. The van der Waals surface area contributed by atoms with Gasteiger partial charge in [0, 0.05) is 6.54 Å². The number of rotatable bonds is 5. The van der Waals surface area contributed by atoms with Crippen LogP contribution in [0, 0.1) is 12.7 Å². The van der Waals surface area contributed by atoms with E-state index in [1.54, 1.807) is 16.8 Å². The minimum absolute atomic E-state index is 0.306. The van der Waals surface area contributed by atoms with Gasteiger partial charge < -0.3 is 5.32 Å². The molecule has 0 spiro atoms. The van der Waals surface area contributed by atoms with Gasteiger partial charge in [-0.1, -0.05) is 36.4 Å². The summed E-state index contributed by atoms with van der Waals surface area (Å²) in [4.78, 5) is 8.74. The number of halogens is 1. The van der Waals surface area contributed by atoms with E-state index in [0.717, 1.165) is 29.9 Å². The third-order valence-corrected chi connectivity index (χ3v) is 4.24. The van der Waals surface area contributed by atoms with Gasteiger partial charge in [0.25, 0.3) is 0 Å². The van der Waals surface area contributed by atoms with E-state index < -0.39 is 0 Å². The summed E-state index contributed by atoms with van der Waals surface area (Å²) < 4.78 is 15.2. The molecular formula is C20H18FN5. The van der Waals surface area contributed by atoms with Crippen LogP contribution in [0.3, 0.4) is 0 Å². The lowest BCUT2D eigenvalue weighted by atomic mass is 10.1. The molecule has 5 nitrogen and oxygen atoms in total. The molecule has 0 aliphatic carbocycles. The molecule has 0 saturated heterocycles. The van der Waals surface area contributed by atoms with Crippen molar-refractivity contribution in [2.75, 3.05) is 11.9 Å². The number of anilines is 1. The summed E-state index contributed by atoms with van der Waals surface area (Å²) in [6, 6.07) is 16.6. The minimum atomic E-state index is -0.306. The van der Waals surface area contributed by atoms with Gasteiger partial charge in [-0.05, 0) is 37.1 Å². The number of nitrogens with one attached hydrogen (secondary N) is 1. The molecule has 1 N–H and O–H groups in total. The summed E-state index contributed by atoms with van der Waals surface area (Å²) in [5, 5.41) is 8.76. The number of hydrogen-bond donors (Lipinski definition) is 1. The van der Waals surface area contributed by atoms with E-state index in [4.69, 9.17) is 0 Å². The predicted octanol–water partition coefficient (Wildman–Crippen LogP) is 3.92. The number of fused-ring (bicyclic) bond motifs is 1. The second-order valence-corrected chi connectivity index (χ2v) is 6.06. The van der Waals surface area contributed by atoms with Crippen LogP contribution in [0.15, 0.2) is 60.9 Å². The van der Waals surface area contributed by atoms with Crippen molar-refractivity contribution < 1.29 is 4.39 Å². The predicted molar refractivity (Wildman–Crippen MR) is 100.0 cm³/mol. The summed E-state index contributed by atoms with van der Waals surface area (Å²) in [6.07, 6.45) is 2.40. The van der Waals surface area contributed by atoms with Gasteiger partial charge >= 0.3 is 0 Å². The van der Waals surface area contributed by atoms with E-state index in [1.807, 2.05) is 25.1 Å². The maximum atomic E-state index is 13.6. The molecule has 26 heavy (non-hydrogen) atoms. The van der Waals surface area contributed by atoms with E-state index in [-0.39, 0.29) is 5.82 Å². The van der Waals surface area contributed by atoms with Crippen LogP contribution in [0.1, 0.15) is 11.3 Å². The van der Waals surface area contributed by atoms with Gasteiger partial charge in [-0.3, -0.25) is 0 Å². The average Bonchev–Trinajstić information content (AvgIpc) is 3.00. The highest BCUT2D eigenvalue weighted by Crippen LogP contribution is 2.25. The van der Waals surface area contributed by atoms with Crippen LogP contribution in [0.25, 0.3) is 16.7 Å². The maximum Gasteiger partial charge on any atom is 0.168 e. The van der Waals surface area contributed by atoms with Crippen LogP contribution in [-0.4, -0.2) is 26.3 Å². The highest BCUT2D eigenvalue weighted by atomic mass is 19.1. The summed E-state index contributed by atoms with van der Waals surface area (Å²) in [5.74, 6) is 0.435. The Hall–Kier alpha value is -3.28. The molecule has 130 valence electrons. The Labute approximate surface area is 150 Å². The molecule has 0 atom stereocenters. The molecule has 4 aromatic rings. The number of nitrogens with zero attached hydrogens (tertiary/aromatic N) is 4. The van der Waals surface area contributed by atoms with Gasteiger partial charge in [-0.2, -0.15) is 5.10 Å². The Kier molecular flexibility index (Phi) is 4.31. The molecule has 2 aromatic carbocycles. The van der Waals surface area contributed by atoms with E-state index in [0.29, 0.717) is 11.3 Å². The molecule has 0 amide bonds. The molecule has 0 aliphatic rings. The zero-order valence-corrected chi connectivity index (χ0v) is 14.4. The Morgan fingerprint density at radius 2 is 1.88 bits per heavy atom. The third kappa shape index (κ3) is 3.13. The fourth-order valence-electron chi connectivity index (χ4n) is 3.01. The van der Waals surface area contributed by atoms with Crippen LogP contribution in [0.2, 0.25) is 0 Å². The van der Waals surface area contributed by atoms with Crippen molar-refractivity contribution in [1.29, 1.82) is 0 Å². The van der Waals surface area contributed by atoms with Gasteiger partial charge in [-0.15, -0.1) is 0 Å². The largest absolute Gasteiger partial charge is 0.369 e. The lowest BCUT2D eigenvalue weighted by Crippen LogP contribution is -2.07.